The molecule has 0 aliphatic carbocycles. The standard InChI is InChI=1S/C14H31NO2SSi/c1-12(2)8-15-9-14(11-19(3,4)5)13-6-7-18(16,17)10-13/h12-15H,6-11H2,1-5H3. The molecule has 0 spiro atoms. The molecule has 0 bridgehead atoms. The van der Waals surface area contributed by atoms with E-state index in [1.165, 1.54) is 6.04 Å². The minimum Gasteiger partial charge on any atom is -0.316 e. The second-order valence-corrected chi connectivity index (χ2v) is 15.5. The fraction of sp³-hybridized carbons (Fsp3) is 1.00. The highest BCUT2D eigenvalue weighted by atomic mass is 32.2. The molecule has 2 unspecified atom stereocenters. The molecule has 3 nitrogen and oxygen atoms in total. The highest BCUT2D eigenvalue weighted by Gasteiger charge is 2.35. The van der Waals surface area contributed by atoms with Gasteiger partial charge in [-0.05, 0) is 37.3 Å². The lowest BCUT2D eigenvalue weighted by Crippen LogP contribution is -2.36. The van der Waals surface area contributed by atoms with E-state index in [2.05, 4.69) is 38.8 Å². The van der Waals surface area contributed by atoms with Crippen LogP contribution in [0.25, 0.3) is 0 Å². The third kappa shape index (κ3) is 6.91. The molecule has 0 radical (unpaired) electrons. The number of hydrogen-bond acceptors (Lipinski definition) is 3. The second-order valence-electron chi connectivity index (χ2n) is 7.74. The zero-order chi connectivity index (χ0) is 14.7. The number of rotatable bonds is 7. The van der Waals surface area contributed by atoms with E-state index >= 15 is 0 Å². The van der Waals surface area contributed by atoms with E-state index in [4.69, 9.17) is 0 Å². The molecule has 114 valence electrons. The molecule has 0 aromatic rings. The Kier molecular flexibility index (Phi) is 6.08. The SMILES string of the molecule is CC(C)CNCC(C[Si](C)(C)C)C1CCS(=O)(=O)C1. The Bertz CT molecular complexity index is 373. The predicted molar refractivity (Wildman–Crippen MR) is 86.1 cm³/mol. The van der Waals surface area contributed by atoms with Crippen molar-refractivity contribution in [2.75, 3.05) is 24.6 Å². The van der Waals surface area contributed by atoms with E-state index < -0.39 is 17.9 Å². The van der Waals surface area contributed by atoms with Crippen LogP contribution in [0.5, 0.6) is 0 Å². The van der Waals surface area contributed by atoms with E-state index in [9.17, 15) is 8.42 Å². The average molecular weight is 306 g/mol. The van der Waals surface area contributed by atoms with E-state index in [1.807, 2.05) is 0 Å². The third-order valence-electron chi connectivity index (χ3n) is 3.77. The van der Waals surface area contributed by atoms with Crippen molar-refractivity contribution in [3.05, 3.63) is 0 Å². The van der Waals surface area contributed by atoms with Crippen LogP contribution in [0.2, 0.25) is 25.7 Å². The van der Waals surface area contributed by atoms with Crippen molar-refractivity contribution in [1.82, 2.24) is 5.32 Å². The summed E-state index contributed by atoms with van der Waals surface area (Å²) in [5, 5.41) is 3.54. The lowest BCUT2D eigenvalue weighted by molar-refractivity contribution is 0.362. The molecule has 1 heterocycles. The quantitative estimate of drug-likeness (QED) is 0.736. The van der Waals surface area contributed by atoms with E-state index in [1.54, 1.807) is 0 Å². The molecule has 19 heavy (non-hydrogen) atoms. The number of sulfone groups is 1. The Labute approximate surface area is 120 Å². The second kappa shape index (κ2) is 6.72. The topological polar surface area (TPSA) is 46.2 Å². The normalized spacial score (nSPS) is 24.8. The van der Waals surface area contributed by atoms with Crippen molar-refractivity contribution < 1.29 is 8.42 Å². The van der Waals surface area contributed by atoms with Gasteiger partial charge in [-0.15, -0.1) is 0 Å². The zero-order valence-corrected chi connectivity index (χ0v) is 15.0. The molecule has 1 aliphatic heterocycles. The summed E-state index contributed by atoms with van der Waals surface area (Å²) < 4.78 is 23.4. The largest absolute Gasteiger partial charge is 0.316 e. The highest BCUT2D eigenvalue weighted by molar-refractivity contribution is 7.91. The maximum absolute atomic E-state index is 11.7. The first-order valence-corrected chi connectivity index (χ1v) is 13.0. The zero-order valence-electron chi connectivity index (χ0n) is 13.2. The van der Waals surface area contributed by atoms with Crippen LogP contribution in [0.4, 0.5) is 0 Å². The summed E-state index contributed by atoms with van der Waals surface area (Å²) in [5.74, 6) is 2.41. The third-order valence-corrected chi connectivity index (χ3v) is 7.31. The van der Waals surface area contributed by atoms with E-state index in [0.717, 1.165) is 19.5 Å². The van der Waals surface area contributed by atoms with Crippen molar-refractivity contribution in [1.29, 1.82) is 0 Å². The average Bonchev–Trinajstić information content (AvgIpc) is 2.55. The molecule has 0 saturated carbocycles. The Balaban J connectivity index is 2.59. The van der Waals surface area contributed by atoms with Crippen LogP contribution in [-0.2, 0) is 9.84 Å². The molecule has 0 aromatic carbocycles. The van der Waals surface area contributed by atoms with Gasteiger partial charge in [-0.3, -0.25) is 0 Å². The fourth-order valence-corrected chi connectivity index (χ4v) is 6.92. The summed E-state index contributed by atoms with van der Waals surface area (Å²) in [7, 11) is -3.90. The molecular formula is C14H31NO2SSi. The Morgan fingerprint density at radius 1 is 1.21 bits per heavy atom. The van der Waals surface area contributed by atoms with Gasteiger partial charge in [0.1, 0.15) is 0 Å². The van der Waals surface area contributed by atoms with Crippen LogP contribution in [0.1, 0.15) is 20.3 Å². The smallest absolute Gasteiger partial charge is 0.150 e. The number of hydrogen-bond donors (Lipinski definition) is 1. The molecule has 0 amide bonds. The van der Waals surface area contributed by atoms with Gasteiger partial charge < -0.3 is 5.32 Å². The van der Waals surface area contributed by atoms with Crippen LogP contribution in [0, 0.1) is 17.8 Å². The first-order valence-electron chi connectivity index (χ1n) is 7.50. The van der Waals surface area contributed by atoms with Crippen LogP contribution in [-0.4, -0.2) is 41.1 Å². The Morgan fingerprint density at radius 2 is 1.84 bits per heavy atom. The summed E-state index contributed by atoms with van der Waals surface area (Å²) in [6.07, 6.45) is 0.876. The van der Waals surface area contributed by atoms with Gasteiger partial charge in [0.2, 0.25) is 0 Å². The van der Waals surface area contributed by atoms with Gasteiger partial charge in [-0.1, -0.05) is 39.5 Å². The maximum atomic E-state index is 11.7. The molecule has 0 aromatic heterocycles. The lowest BCUT2D eigenvalue weighted by atomic mass is 9.93. The van der Waals surface area contributed by atoms with Gasteiger partial charge in [-0.2, -0.15) is 0 Å². The monoisotopic (exact) mass is 305 g/mol. The van der Waals surface area contributed by atoms with Crippen LogP contribution < -0.4 is 5.32 Å². The molecule has 1 saturated heterocycles. The van der Waals surface area contributed by atoms with Gasteiger partial charge in [0.15, 0.2) is 9.84 Å². The van der Waals surface area contributed by atoms with Gasteiger partial charge in [0.05, 0.1) is 11.5 Å². The van der Waals surface area contributed by atoms with Crippen LogP contribution in [0.15, 0.2) is 0 Å². The predicted octanol–water partition coefficient (Wildman–Crippen LogP) is 2.62. The summed E-state index contributed by atoms with van der Waals surface area (Å²) in [6.45, 7) is 13.6. The van der Waals surface area contributed by atoms with Gasteiger partial charge in [0.25, 0.3) is 0 Å². The molecular weight excluding hydrogens is 274 g/mol. The van der Waals surface area contributed by atoms with Crippen LogP contribution >= 0.6 is 0 Å². The lowest BCUT2D eigenvalue weighted by Gasteiger charge is -2.29. The molecule has 1 aliphatic rings. The number of nitrogens with one attached hydrogen (secondary N) is 1. The summed E-state index contributed by atoms with van der Waals surface area (Å²) in [5.41, 5.74) is 0. The van der Waals surface area contributed by atoms with Gasteiger partial charge >= 0.3 is 0 Å². The molecule has 1 fully saturated rings. The molecule has 5 heteroatoms. The van der Waals surface area contributed by atoms with Crippen molar-refractivity contribution in [3.63, 3.8) is 0 Å². The minimum absolute atomic E-state index is 0.386. The van der Waals surface area contributed by atoms with Crippen molar-refractivity contribution in [3.8, 4) is 0 Å². The Hall–Kier alpha value is 0.127. The summed E-state index contributed by atoms with van der Waals surface area (Å²) >= 11 is 0. The van der Waals surface area contributed by atoms with Gasteiger partial charge in [0, 0.05) is 8.07 Å². The molecule has 1 rings (SSSR count). The summed E-state index contributed by atoms with van der Waals surface area (Å²) in [6, 6.07) is 1.23. The summed E-state index contributed by atoms with van der Waals surface area (Å²) in [4.78, 5) is 0. The van der Waals surface area contributed by atoms with E-state index in [0.29, 0.717) is 29.3 Å². The van der Waals surface area contributed by atoms with Crippen molar-refractivity contribution >= 4 is 17.9 Å². The molecule has 1 N–H and O–H groups in total. The van der Waals surface area contributed by atoms with Crippen molar-refractivity contribution in [2.24, 2.45) is 17.8 Å². The fourth-order valence-electron chi connectivity index (χ4n) is 2.95. The highest BCUT2D eigenvalue weighted by Crippen LogP contribution is 2.31. The first-order chi connectivity index (χ1) is 8.59. The first kappa shape index (κ1) is 17.2. The van der Waals surface area contributed by atoms with E-state index in [-0.39, 0.29) is 0 Å². The van der Waals surface area contributed by atoms with Crippen molar-refractivity contribution in [2.45, 2.75) is 46.0 Å². The Morgan fingerprint density at radius 3 is 2.26 bits per heavy atom. The molecule has 2 atom stereocenters. The maximum Gasteiger partial charge on any atom is 0.150 e. The minimum atomic E-state index is -2.75. The van der Waals surface area contributed by atoms with Gasteiger partial charge in [-0.25, -0.2) is 8.42 Å². The van der Waals surface area contributed by atoms with Crippen LogP contribution in [0.3, 0.4) is 0 Å².